The fraction of sp³-hybridized carbons (Fsp3) is 0.350. The van der Waals surface area contributed by atoms with Crippen LogP contribution < -0.4 is 0 Å². The number of aromatic amines is 1. The second-order valence-electron chi connectivity index (χ2n) is 7.15. The highest BCUT2D eigenvalue weighted by Crippen LogP contribution is 2.41. The molecule has 3 aromatic rings. The zero-order valence-electron chi connectivity index (χ0n) is 15.3. The maximum Gasteiger partial charge on any atom is 0.291 e. The van der Waals surface area contributed by atoms with E-state index in [-0.39, 0.29) is 11.7 Å². The van der Waals surface area contributed by atoms with E-state index in [1.807, 2.05) is 36.5 Å². The Morgan fingerprint density at radius 3 is 2.71 bits per heavy atom. The predicted molar refractivity (Wildman–Crippen MR) is 100 cm³/mol. The van der Waals surface area contributed by atoms with Crippen LogP contribution in [-0.4, -0.2) is 55.7 Å². The molecule has 0 atom stereocenters. The molecule has 2 aromatic heterocycles. The van der Waals surface area contributed by atoms with Crippen molar-refractivity contribution in [3.8, 4) is 11.4 Å². The Hall–Kier alpha value is -3.13. The number of fused-ring (bicyclic) bond motifs is 2. The van der Waals surface area contributed by atoms with E-state index in [0.29, 0.717) is 38.4 Å². The Kier molecular flexibility index (Phi) is 4.12. The lowest BCUT2D eigenvalue weighted by atomic mass is 9.83. The van der Waals surface area contributed by atoms with E-state index in [1.165, 1.54) is 6.33 Å². The molecule has 2 aliphatic heterocycles. The molecule has 1 aromatic carbocycles. The summed E-state index contributed by atoms with van der Waals surface area (Å²) >= 11 is 0. The van der Waals surface area contributed by atoms with E-state index in [0.717, 1.165) is 23.2 Å². The molecule has 4 heterocycles. The van der Waals surface area contributed by atoms with E-state index in [4.69, 9.17) is 9.72 Å². The Morgan fingerprint density at radius 2 is 1.96 bits per heavy atom. The number of nitrogens with one attached hydrogen (secondary N) is 1. The highest BCUT2D eigenvalue weighted by atomic mass is 16.5. The van der Waals surface area contributed by atoms with Gasteiger partial charge >= 0.3 is 0 Å². The average Bonchev–Trinajstić information content (AvgIpc) is 3.30. The summed E-state index contributed by atoms with van der Waals surface area (Å²) in [4.78, 5) is 27.8. The van der Waals surface area contributed by atoms with Crippen LogP contribution in [0.3, 0.4) is 0 Å². The van der Waals surface area contributed by atoms with Gasteiger partial charge in [0.1, 0.15) is 11.9 Å². The molecule has 5 rings (SSSR count). The minimum absolute atomic E-state index is 0.129. The molecule has 0 radical (unpaired) electrons. The number of hydrogen-bond donors (Lipinski definition) is 1. The van der Waals surface area contributed by atoms with Gasteiger partial charge in [-0.2, -0.15) is 5.10 Å². The molecule has 1 spiro atoms. The van der Waals surface area contributed by atoms with Gasteiger partial charge < -0.3 is 9.64 Å². The predicted octanol–water partition coefficient (Wildman–Crippen LogP) is 1.97. The smallest absolute Gasteiger partial charge is 0.291 e. The van der Waals surface area contributed by atoms with Gasteiger partial charge in [-0.15, -0.1) is 0 Å². The fourth-order valence-corrected chi connectivity index (χ4v) is 4.05. The van der Waals surface area contributed by atoms with Gasteiger partial charge in [-0.05, 0) is 24.8 Å². The molecule has 1 N–H and O–H groups in total. The highest BCUT2D eigenvalue weighted by Gasteiger charge is 2.43. The minimum Gasteiger partial charge on any atom is -0.368 e. The largest absolute Gasteiger partial charge is 0.368 e. The van der Waals surface area contributed by atoms with Crippen LogP contribution in [0.2, 0.25) is 0 Å². The number of nitrogens with zero attached hydrogens (tertiary/aromatic N) is 5. The first-order chi connectivity index (χ1) is 13.8. The first-order valence-electron chi connectivity index (χ1n) is 9.46. The van der Waals surface area contributed by atoms with Crippen molar-refractivity contribution in [2.75, 3.05) is 19.7 Å². The van der Waals surface area contributed by atoms with Crippen molar-refractivity contribution in [1.82, 2.24) is 30.0 Å². The van der Waals surface area contributed by atoms with Crippen molar-refractivity contribution < 1.29 is 9.53 Å². The molecular weight excluding hydrogens is 356 g/mol. The number of carbonyl (C=O) groups excluding carboxylic acids is 1. The number of likely N-dealkylation sites (tertiary alicyclic amines) is 1. The number of benzene rings is 1. The number of amides is 1. The van der Waals surface area contributed by atoms with Gasteiger partial charge in [0, 0.05) is 24.8 Å². The highest BCUT2D eigenvalue weighted by molar-refractivity contribution is 5.90. The summed E-state index contributed by atoms with van der Waals surface area (Å²) in [5, 5.41) is 6.41. The lowest BCUT2D eigenvalue weighted by Crippen LogP contribution is -2.49. The van der Waals surface area contributed by atoms with Gasteiger partial charge in [0.15, 0.2) is 5.82 Å². The molecule has 8 heteroatoms. The van der Waals surface area contributed by atoms with Gasteiger partial charge in [0.05, 0.1) is 12.3 Å². The second kappa shape index (κ2) is 6.79. The Balaban J connectivity index is 1.43. The third-order valence-corrected chi connectivity index (χ3v) is 5.55. The summed E-state index contributed by atoms with van der Waals surface area (Å²) in [5.74, 6) is 0.857. The summed E-state index contributed by atoms with van der Waals surface area (Å²) < 4.78 is 6.28. The molecule has 142 valence electrons. The third-order valence-electron chi connectivity index (χ3n) is 5.55. The van der Waals surface area contributed by atoms with Gasteiger partial charge in [-0.3, -0.25) is 9.89 Å². The molecule has 1 fully saturated rings. The van der Waals surface area contributed by atoms with Crippen molar-refractivity contribution in [3.63, 3.8) is 0 Å². The van der Waals surface area contributed by atoms with Crippen LogP contribution in [-0.2, 0) is 16.8 Å². The van der Waals surface area contributed by atoms with E-state index in [1.54, 1.807) is 4.90 Å². The first-order valence-corrected chi connectivity index (χ1v) is 9.46. The fourth-order valence-electron chi connectivity index (χ4n) is 4.05. The van der Waals surface area contributed by atoms with E-state index in [9.17, 15) is 4.79 Å². The van der Waals surface area contributed by atoms with Crippen LogP contribution in [0.25, 0.3) is 11.4 Å². The number of ether oxygens (including phenoxy) is 1. The zero-order chi connectivity index (χ0) is 19.0. The summed E-state index contributed by atoms with van der Waals surface area (Å²) in [7, 11) is 0. The van der Waals surface area contributed by atoms with Crippen molar-refractivity contribution in [1.29, 1.82) is 0 Å². The zero-order valence-corrected chi connectivity index (χ0v) is 15.3. The molecule has 1 amide bonds. The third kappa shape index (κ3) is 2.86. The molecule has 28 heavy (non-hydrogen) atoms. The summed E-state index contributed by atoms with van der Waals surface area (Å²) in [6.45, 7) is 1.82. The Bertz CT molecular complexity index is 981. The first kappa shape index (κ1) is 17.0. The van der Waals surface area contributed by atoms with Gasteiger partial charge in [0.25, 0.3) is 5.91 Å². The summed E-state index contributed by atoms with van der Waals surface area (Å²) in [5.41, 5.74) is 2.64. The Labute approximate surface area is 162 Å². The van der Waals surface area contributed by atoms with E-state index >= 15 is 0 Å². The summed E-state index contributed by atoms with van der Waals surface area (Å²) in [6, 6.07) is 9.97. The quantitative estimate of drug-likeness (QED) is 0.734. The topological polar surface area (TPSA) is 96.9 Å². The van der Waals surface area contributed by atoms with Crippen molar-refractivity contribution >= 4 is 5.91 Å². The SMILES string of the molecule is O=C(c1ncn[nH]1)N1CCC2(CC1)OCCc1cnc(-c3ccccc3)nc12. The molecular formula is C20H20N6O2. The van der Waals surface area contributed by atoms with E-state index < -0.39 is 5.60 Å². The van der Waals surface area contributed by atoms with Crippen LogP contribution in [0.4, 0.5) is 0 Å². The molecule has 0 aliphatic carbocycles. The second-order valence-corrected chi connectivity index (χ2v) is 7.15. The van der Waals surface area contributed by atoms with Crippen LogP contribution >= 0.6 is 0 Å². The van der Waals surface area contributed by atoms with Crippen molar-refractivity contribution in [2.24, 2.45) is 0 Å². The number of H-pyrrole nitrogens is 1. The van der Waals surface area contributed by atoms with Gasteiger partial charge in [-0.1, -0.05) is 30.3 Å². The number of rotatable bonds is 2. The number of aromatic nitrogens is 5. The minimum atomic E-state index is -0.460. The van der Waals surface area contributed by atoms with Crippen LogP contribution in [0.1, 0.15) is 34.7 Å². The summed E-state index contributed by atoms with van der Waals surface area (Å²) in [6.07, 6.45) is 5.49. The normalized spacial score (nSPS) is 18.1. The van der Waals surface area contributed by atoms with E-state index in [2.05, 4.69) is 20.2 Å². The Morgan fingerprint density at radius 1 is 1.14 bits per heavy atom. The number of piperidine rings is 1. The van der Waals surface area contributed by atoms with Crippen molar-refractivity contribution in [2.45, 2.75) is 24.9 Å². The monoisotopic (exact) mass is 376 g/mol. The molecule has 1 saturated heterocycles. The molecule has 2 aliphatic rings. The van der Waals surface area contributed by atoms with Crippen LogP contribution in [0.15, 0.2) is 42.9 Å². The molecule has 0 bridgehead atoms. The average molecular weight is 376 g/mol. The van der Waals surface area contributed by atoms with Crippen molar-refractivity contribution in [3.05, 3.63) is 59.9 Å². The number of carbonyl (C=O) groups is 1. The van der Waals surface area contributed by atoms with Gasteiger partial charge in [0.2, 0.25) is 5.82 Å². The molecule has 0 unspecified atom stereocenters. The van der Waals surface area contributed by atoms with Crippen LogP contribution in [0, 0.1) is 0 Å². The maximum absolute atomic E-state index is 12.5. The lowest BCUT2D eigenvalue weighted by molar-refractivity contribution is -0.0967. The van der Waals surface area contributed by atoms with Crippen LogP contribution in [0.5, 0.6) is 0 Å². The molecule has 8 nitrogen and oxygen atoms in total. The standard InChI is InChI=1S/C20H20N6O2/c27-19(18-22-13-23-25-18)26-9-7-20(8-10-26)16-15(6-11-28-20)12-21-17(24-16)14-4-2-1-3-5-14/h1-5,12-13H,6-11H2,(H,22,23,25). The maximum atomic E-state index is 12.5. The number of hydrogen-bond acceptors (Lipinski definition) is 6. The molecule has 0 saturated carbocycles. The van der Waals surface area contributed by atoms with Gasteiger partial charge in [-0.25, -0.2) is 15.0 Å². The lowest BCUT2D eigenvalue weighted by Gasteiger charge is -2.43.